The quantitative estimate of drug-likeness (QED) is 0.377. The molecule has 0 aromatic heterocycles. The van der Waals surface area contributed by atoms with Gasteiger partial charge in [0.25, 0.3) is 0 Å². The van der Waals surface area contributed by atoms with Gasteiger partial charge in [0.1, 0.15) is 24.9 Å². The van der Waals surface area contributed by atoms with Crippen LogP contribution >= 0.6 is 0 Å². The highest BCUT2D eigenvalue weighted by Crippen LogP contribution is 2.12. The van der Waals surface area contributed by atoms with Gasteiger partial charge in [-0.25, -0.2) is 4.79 Å². The lowest BCUT2D eigenvalue weighted by atomic mass is 10.4. The van der Waals surface area contributed by atoms with E-state index in [1.54, 1.807) is 6.92 Å². The van der Waals surface area contributed by atoms with Gasteiger partial charge in [-0.2, -0.15) is 0 Å². The maximum Gasteiger partial charge on any atom is 0.333 e. The van der Waals surface area contributed by atoms with E-state index in [0.717, 1.165) is 26.4 Å². The van der Waals surface area contributed by atoms with Gasteiger partial charge in [-0.3, -0.25) is 0 Å². The summed E-state index contributed by atoms with van der Waals surface area (Å²) < 4.78 is 24.7. The number of hydrogen-bond acceptors (Lipinski definition) is 6. The van der Waals surface area contributed by atoms with Gasteiger partial charge in [0, 0.05) is 5.57 Å². The van der Waals surface area contributed by atoms with Crippen LogP contribution < -0.4 is 0 Å². The van der Waals surface area contributed by atoms with Crippen molar-refractivity contribution in [2.24, 2.45) is 0 Å². The van der Waals surface area contributed by atoms with E-state index >= 15 is 0 Å². The average Bonchev–Trinajstić information content (AvgIpc) is 3.25. The van der Waals surface area contributed by atoms with Crippen LogP contribution in [0.4, 0.5) is 0 Å². The Bertz CT molecular complexity index is 305. The third kappa shape index (κ3) is 7.27. The molecular weight excluding hydrogens is 252 g/mol. The second kappa shape index (κ2) is 7.00. The first-order chi connectivity index (χ1) is 9.15. The second-order valence-electron chi connectivity index (χ2n) is 4.78. The molecule has 3 saturated heterocycles. The maximum atomic E-state index is 10.7. The fraction of sp³-hybridized carbons (Fsp3) is 0.769. The van der Waals surface area contributed by atoms with Crippen molar-refractivity contribution in [1.82, 2.24) is 0 Å². The van der Waals surface area contributed by atoms with Crippen molar-refractivity contribution in [3.05, 3.63) is 12.2 Å². The molecule has 0 bridgehead atoms. The summed E-state index contributed by atoms with van der Waals surface area (Å²) in [5.74, 6) is -0.337. The van der Waals surface area contributed by atoms with E-state index in [1.165, 1.54) is 0 Å². The highest BCUT2D eigenvalue weighted by molar-refractivity contribution is 5.86. The molecule has 3 atom stereocenters. The van der Waals surface area contributed by atoms with E-state index in [9.17, 15) is 4.79 Å². The van der Waals surface area contributed by atoms with Crippen molar-refractivity contribution in [3.8, 4) is 0 Å². The molecule has 0 saturated carbocycles. The Hall–Kier alpha value is -0.950. The van der Waals surface area contributed by atoms with Crippen LogP contribution in [0.5, 0.6) is 0 Å². The number of carbonyl (C=O) groups excluding carboxylic acids is 1. The van der Waals surface area contributed by atoms with E-state index in [4.69, 9.17) is 23.7 Å². The molecule has 0 amide bonds. The van der Waals surface area contributed by atoms with Gasteiger partial charge in [0.15, 0.2) is 0 Å². The Morgan fingerprint density at radius 2 is 1.47 bits per heavy atom. The van der Waals surface area contributed by atoms with Crippen LogP contribution in [0.25, 0.3) is 0 Å². The number of ether oxygens (including phenoxy) is 5. The molecule has 3 fully saturated rings. The molecule has 3 aliphatic rings. The first-order valence-electron chi connectivity index (χ1n) is 6.40. The first kappa shape index (κ1) is 14.5. The molecule has 19 heavy (non-hydrogen) atoms. The molecule has 0 N–H and O–H groups in total. The van der Waals surface area contributed by atoms with Gasteiger partial charge in [0.2, 0.25) is 0 Å². The van der Waals surface area contributed by atoms with Gasteiger partial charge in [0.05, 0.1) is 33.0 Å². The molecule has 0 aromatic carbocycles. The minimum Gasteiger partial charge on any atom is -0.459 e. The summed E-state index contributed by atoms with van der Waals surface area (Å²) in [5, 5.41) is 0. The van der Waals surface area contributed by atoms with Crippen molar-refractivity contribution in [1.29, 1.82) is 0 Å². The van der Waals surface area contributed by atoms with Crippen molar-refractivity contribution < 1.29 is 28.5 Å². The summed E-state index contributed by atoms with van der Waals surface area (Å²) in [5.41, 5.74) is 0.431. The minimum absolute atomic E-state index is 0.142. The van der Waals surface area contributed by atoms with Crippen LogP contribution in [0.2, 0.25) is 0 Å². The summed E-state index contributed by atoms with van der Waals surface area (Å²) in [4.78, 5) is 10.7. The van der Waals surface area contributed by atoms with E-state index in [-0.39, 0.29) is 12.1 Å². The third-order valence-electron chi connectivity index (χ3n) is 2.56. The summed E-state index contributed by atoms with van der Waals surface area (Å²) in [6.45, 7) is 9.40. The third-order valence-corrected chi connectivity index (χ3v) is 2.56. The van der Waals surface area contributed by atoms with Gasteiger partial charge in [-0.1, -0.05) is 6.58 Å². The van der Waals surface area contributed by atoms with Crippen LogP contribution in [0.15, 0.2) is 12.2 Å². The fourth-order valence-electron chi connectivity index (χ4n) is 1.12. The SMILES string of the molecule is C(OCC1CO1)C1CO1.C=C(C)C(=O)OCC1CO1. The second-order valence-corrected chi connectivity index (χ2v) is 4.78. The Morgan fingerprint density at radius 1 is 1.05 bits per heavy atom. The number of carbonyl (C=O) groups is 1. The van der Waals surface area contributed by atoms with Gasteiger partial charge >= 0.3 is 5.97 Å². The van der Waals surface area contributed by atoms with E-state index in [2.05, 4.69) is 6.58 Å². The van der Waals surface area contributed by atoms with Crippen molar-refractivity contribution in [2.75, 3.05) is 39.6 Å². The summed E-state index contributed by atoms with van der Waals surface area (Å²) in [6.07, 6.45) is 0.927. The molecule has 0 aromatic rings. The van der Waals surface area contributed by atoms with Gasteiger partial charge in [-0.15, -0.1) is 0 Å². The Kier molecular flexibility index (Phi) is 5.33. The molecule has 3 unspecified atom stereocenters. The summed E-state index contributed by atoms with van der Waals surface area (Å²) in [6, 6.07) is 0. The zero-order chi connectivity index (χ0) is 13.7. The van der Waals surface area contributed by atoms with Gasteiger partial charge in [-0.05, 0) is 6.92 Å². The largest absolute Gasteiger partial charge is 0.459 e. The van der Waals surface area contributed by atoms with E-state index in [0.29, 0.717) is 31.0 Å². The predicted octanol–water partition coefficient (Wildman–Crippen LogP) is 0.305. The van der Waals surface area contributed by atoms with Crippen LogP contribution in [0, 0.1) is 0 Å². The smallest absolute Gasteiger partial charge is 0.333 e. The maximum absolute atomic E-state index is 10.7. The molecule has 3 heterocycles. The zero-order valence-electron chi connectivity index (χ0n) is 11.1. The van der Waals surface area contributed by atoms with Crippen LogP contribution in [-0.2, 0) is 28.5 Å². The summed E-state index contributed by atoms with van der Waals surface area (Å²) >= 11 is 0. The van der Waals surface area contributed by atoms with Crippen molar-refractivity contribution >= 4 is 5.97 Å². The van der Waals surface area contributed by atoms with Crippen molar-refractivity contribution in [2.45, 2.75) is 25.2 Å². The molecule has 3 rings (SSSR count). The van der Waals surface area contributed by atoms with E-state index in [1.807, 2.05) is 0 Å². The lowest BCUT2D eigenvalue weighted by Gasteiger charge is -1.99. The fourth-order valence-corrected chi connectivity index (χ4v) is 1.12. The normalized spacial score (nSPS) is 29.8. The topological polar surface area (TPSA) is 73.1 Å². The molecule has 6 nitrogen and oxygen atoms in total. The Labute approximate surface area is 112 Å². The standard InChI is InChI=1S/C7H10O3.C6H10O3/c1-5(2)7(8)10-4-6-3-9-6;1(5-3-8-5)7-2-6-4-9-6/h6H,1,3-4H2,2H3;5-6H,1-4H2. The molecule has 0 aliphatic carbocycles. The molecule has 6 heteroatoms. The highest BCUT2D eigenvalue weighted by Gasteiger charge is 2.26. The van der Waals surface area contributed by atoms with E-state index < -0.39 is 0 Å². The lowest BCUT2D eigenvalue weighted by Crippen LogP contribution is -2.09. The monoisotopic (exact) mass is 272 g/mol. The number of hydrogen-bond donors (Lipinski definition) is 0. The minimum atomic E-state index is -0.337. The molecular formula is C13H20O6. The molecule has 0 spiro atoms. The number of rotatable bonds is 7. The first-order valence-corrected chi connectivity index (χ1v) is 6.40. The van der Waals surface area contributed by atoms with Crippen molar-refractivity contribution in [3.63, 3.8) is 0 Å². The van der Waals surface area contributed by atoms with Crippen LogP contribution in [0.1, 0.15) is 6.92 Å². The molecule has 108 valence electrons. The Morgan fingerprint density at radius 3 is 1.84 bits per heavy atom. The highest BCUT2D eigenvalue weighted by atomic mass is 16.6. The number of esters is 1. The average molecular weight is 272 g/mol. The Balaban J connectivity index is 0.000000141. The number of epoxide rings is 3. The molecule has 3 aliphatic heterocycles. The zero-order valence-corrected chi connectivity index (χ0v) is 11.1. The summed E-state index contributed by atoms with van der Waals surface area (Å²) in [7, 11) is 0. The predicted molar refractivity (Wildman–Crippen MR) is 65.8 cm³/mol. The van der Waals surface area contributed by atoms with Crippen LogP contribution in [-0.4, -0.2) is 63.9 Å². The van der Waals surface area contributed by atoms with Crippen LogP contribution in [0.3, 0.4) is 0 Å². The lowest BCUT2D eigenvalue weighted by molar-refractivity contribution is -0.139. The van der Waals surface area contributed by atoms with Gasteiger partial charge < -0.3 is 23.7 Å². The molecule has 0 radical (unpaired) electrons.